The monoisotopic (exact) mass is 368 g/mol. The summed E-state index contributed by atoms with van der Waals surface area (Å²) in [5.41, 5.74) is 1.09. The van der Waals surface area contributed by atoms with Crippen molar-refractivity contribution < 1.29 is 4.79 Å². The molecule has 2 aromatic heterocycles. The number of hydrogen-bond acceptors (Lipinski definition) is 5. The van der Waals surface area contributed by atoms with E-state index >= 15 is 0 Å². The van der Waals surface area contributed by atoms with E-state index in [0.29, 0.717) is 29.6 Å². The molecule has 0 bridgehead atoms. The minimum Gasteiger partial charge on any atom is -0.347 e. The van der Waals surface area contributed by atoms with Gasteiger partial charge in [-0.2, -0.15) is 0 Å². The number of rotatable bonds is 3. The molecule has 26 heavy (non-hydrogen) atoms. The Kier molecular flexibility index (Phi) is 4.57. The number of amides is 1. The zero-order chi connectivity index (χ0) is 18.1. The van der Waals surface area contributed by atoms with Crippen molar-refractivity contribution in [2.45, 2.75) is 19.5 Å². The maximum atomic E-state index is 12.8. The Hall–Kier alpha value is -2.51. The van der Waals surface area contributed by atoms with Crippen LogP contribution in [0.2, 0.25) is 0 Å². The zero-order valence-corrected chi connectivity index (χ0v) is 15.4. The van der Waals surface area contributed by atoms with E-state index in [1.807, 2.05) is 24.6 Å². The van der Waals surface area contributed by atoms with Gasteiger partial charge in [0, 0.05) is 36.5 Å². The standard InChI is InChI=1S/C19H20N4O2S/c1-22-7-6-17-21-16-11-13(18(24)20-12-14-3-2-10-26-14)4-5-15(16)19(25)23(17)9-8-22/h2-5,10-11H,6-9,12H2,1H3,(H,20,24). The average Bonchev–Trinajstić information content (AvgIpc) is 3.10. The summed E-state index contributed by atoms with van der Waals surface area (Å²) in [6.07, 6.45) is 0.733. The lowest BCUT2D eigenvalue weighted by molar-refractivity contribution is 0.0951. The van der Waals surface area contributed by atoms with Gasteiger partial charge < -0.3 is 10.2 Å². The van der Waals surface area contributed by atoms with Crippen LogP contribution in [0.3, 0.4) is 0 Å². The molecule has 0 unspecified atom stereocenters. The molecule has 1 aliphatic heterocycles. The highest BCUT2D eigenvalue weighted by molar-refractivity contribution is 7.09. The lowest BCUT2D eigenvalue weighted by Gasteiger charge is -2.11. The van der Waals surface area contributed by atoms with E-state index in [9.17, 15) is 9.59 Å². The third-order valence-corrected chi connectivity index (χ3v) is 5.60. The third-order valence-electron chi connectivity index (χ3n) is 4.72. The van der Waals surface area contributed by atoms with Gasteiger partial charge in [-0.3, -0.25) is 14.2 Å². The number of benzene rings is 1. The SMILES string of the molecule is CN1CCc2nc3cc(C(=O)NCc4cccs4)ccc3c(=O)n2CC1. The van der Waals surface area contributed by atoms with Gasteiger partial charge in [0.05, 0.1) is 17.4 Å². The van der Waals surface area contributed by atoms with E-state index in [4.69, 9.17) is 0 Å². The molecule has 0 fully saturated rings. The third kappa shape index (κ3) is 3.27. The van der Waals surface area contributed by atoms with Gasteiger partial charge in [-0.1, -0.05) is 6.07 Å². The molecule has 7 heteroatoms. The summed E-state index contributed by atoms with van der Waals surface area (Å²) in [4.78, 5) is 33.2. The molecule has 0 saturated carbocycles. The molecule has 3 aromatic rings. The van der Waals surface area contributed by atoms with Crippen LogP contribution in [0.1, 0.15) is 21.1 Å². The van der Waals surface area contributed by atoms with Crippen molar-refractivity contribution in [2.24, 2.45) is 0 Å². The van der Waals surface area contributed by atoms with E-state index in [0.717, 1.165) is 30.2 Å². The number of likely N-dealkylation sites (N-methyl/N-ethyl adjacent to an activating group) is 1. The quantitative estimate of drug-likeness (QED) is 0.766. The number of nitrogens with zero attached hydrogens (tertiary/aromatic N) is 3. The molecule has 6 nitrogen and oxygen atoms in total. The normalized spacial score (nSPS) is 14.8. The summed E-state index contributed by atoms with van der Waals surface area (Å²) in [5.74, 6) is 0.639. The van der Waals surface area contributed by atoms with E-state index in [-0.39, 0.29) is 11.5 Å². The maximum Gasteiger partial charge on any atom is 0.261 e. The van der Waals surface area contributed by atoms with Gasteiger partial charge in [-0.15, -0.1) is 11.3 Å². The first-order valence-electron chi connectivity index (χ1n) is 8.64. The Morgan fingerprint density at radius 3 is 2.96 bits per heavy atom. The highest BCUT2D eigenvalue weighted by Crippen LogP contribution is 2.14. The van der Waals surface area contributed by atoms with Gasteiger partial charge in [0.1, 0.15) is 5.82 Å². The topological polar surface area (TPSA) is 67.2 Å². The van der Waals surface area contributed by atoms with Crippen molar-refractivity contribution in [1.82, 2.24) is 19.8 Å². The predicted octanol–water partition coefficient (Wildman–Crippen LogP) is 1.88. The van der Waals surface area contributed by atoms with Gasteiger partial charge >= 0.3 is 0 Å². The number of fused-ring (bicyclic) bond motifs is 2. The molecule has 0 spiro atoms. The molecule has 1 aromatic carbocycles. The minimum absolute atomic E-state index is 0.0224. The fraction of sp³-hybridized carbons (Fsp3) is 0.316. The molecule has 4 rings (SSSR count). The van der Waals surface area contributed by atoms with Crippen LogP contribution in [0.5, 0.6) is 0 Å². The van der Waals surface area contributed by atoms with Crippen molar-refractivity contribution in [3.8, 4) is 0 Å². The van der Waals surface area contributed by atoms with Crippen LogP contribution >= 0.6 is 11.3 Å². The van der Waals surface area contributed by atoms with Gasteiger partial charge in [0.15, 0.2) is 0 Å². The maximum absolute atomic E-state index is 12.8. The van der Waals surface area contributed by atoms with Crippen LogP contribution in [0.15, 0.2) is 40.5 Å². The van der Waals surface area contributed by atoms with Gasteiger partial charge in [-0.05, 0) is 36.7 Å². The molecule has 0 radical (unpaired) electrons. The second kappa shape index (κ2) is 7.01. The minimum atomic E-state index is -0.156. The van der Waals surface area contributed by atoms with Crippen LogP contribution in [-0.2, 0) is 19.5 Å². The molecular weight excluding hydrogens is 348 g/mol. The van der Waals surface area contributed by atoms with Gasteiger partial charge in [0.2, 0.25) is 0 Å². The fourth-order valence-corrected chi connectivity index (χ4v) is 3.83. The van der Waals surface area contributed by atoms with Crippen molar-refractivity contribution in [1.29, 1.82) is 0 Å². The van der Waals surface area contributed by atoms with E-state index < -0.39 is 0 Å². The Morgan fingerprint density at radius 1 is 1.27 bits per heavy atom. The Balaban J connectivity index is 1.64. The lowest BCUT2D eigenvalue weighted by atomic mass is 10.1. The van der Waals surface area contributed by atoms with Crippen LogP contribution < -0.4 is 10.9 Å². The summed E-state index contributed by atoms with van der Waals surface area (Å²) in [6, 6.07) is 9.08. The second-order valence-corrected chi connectivity index (χ2v) is 7.56. The second-order valence-electron chi connectivity index (χ2n) is 6.53. The Bertz CT molecular complexity index is 1010. The summed E-state index contributed by atoms with van der Waals surface area (Å²) < 4.78 is 1.77. The number of hydrogen-bond donors (Lipinski definition) is 1. The van der Waals surface area contributed by atoms with Crippen molar-refractivity contribution >= 4 is 28.1 Å². The first-order chi connectivity index (χ1) is 12.6. The smallest absolute Gasteiger partial charge is 0.261 e. The first kappa shape index (κ1) is 16.9. The highest BCUT2D eigenvalue weighted by Gasteiger charge is 2.17. The molecule has 3 heterocycles. The highest BCUT2D eigenvalue weighted by atomic mass is 32.1. The first-order valence-corrected chi connectivity index (χ1v) is 9.52. The molecule has 134 valence electrons. The van der Waals surface area contributed by atoms with Crippen LogP contribution in [0.25, 0.3) is 10.9 Å². The van der Waals surface area contributed by atoms with Gasteiger partial charge in [0.25, 0.3) is 11.5 Å². The zero-order valence-electron chi connectivity index (χ0n) is 14.6. The average molecular weight is 368 g/mol. The summed E-state index contributed by atoms with van der Waals surface area (Å²) in [7, 11) is 2.05. The molecule has 1 N–H and O–H groups in total. The van der Waals surface area contributed by atoms with E-state index in [1.54, 1.807) is 34.1 Å². The van der Waals surface area contributed by atoms with Crippen LogP contribution in [-0.4, -0.2) is 40.5 Å². The summed E-state index contributed by atoms with van der Waals surface area (Å²) in [5, 5.41) is 5.46. The Morgan fingerprint density at radius 2 is 2.15 bits per heavy atom. The van der Waals surface area contributed by atoms with Crippen molar-refractivity contribution in [2.75, 3.05) is 20.1 Å². The molecule has 0 saturated heterocycles. The molecular formula is C19H20N4O2S. The number of carbonyl (C=O) groups is 1. The van der Waals surface area contributed by atoms with Crippen molar-refractivity contribution in [3.63, 3.8) is 0 Å². The number of aromatic nitrogens is 2. The van der Waals surface area contributed by atoms with Gasteiger partial charge in [-0.25, -0.2) is 4.98 Å². The molecule has 1 aliphatic rings. The van der Waals surface area contributed by atoms with Crippen LogP contribution in [0, 0.1) is 0 Å². The number of carbonyl (C=O) groups excluding carboxylic acids is 1. The largest absolute Gasteiger partial charge is 0.347 e. The number of nitrogens with one attached hydrogen (secondary N) is 1. The Labute approximate surface area is 155 Å². The van der Waals surface area contributed by atoms with Crippen molar-refractivity contribution in [3.05, 3.63) is 62.3 Å². The molecule has 0 atom stereocenters. The fourth-order valence-electron chi connectivity index (χ4n) is 3.19. The van der Waals surface area contributed by atoms with E-state index in [2.05, 4.69) is 15.2 Å². The number of thiophene rings is 1. The molecule has 1 amide bonds. The molecule has 0 aliphatic carbocycles. The van der Waals surface area contributed by atoms with Crippen LogP contribution in [0.4, 0.5) is 0 Å². The summed E-state index contributed by atoms with van der Waals surface area (Å²) in [6.45, 7) is 2.86. The van der Waals surface area contributed by atoms with E-state index in [1.165, 1.54) is 0 Å². The predicted molar refractivity (Wildman–Crippen MR) is 103 cm³/mol. The summed E-state index contributed by atoms with van der Waals surface area (Å²) >= 11 is 1.61. The lowest BCUT2D eigenvalue weighted by Crippen LogP contribution is -2.27.